The smallest absolute Gasteiger partial charge is 0.207 e. The van der Waals surface area contributed by atoms with Crippen molar-refractivity contribution in [3.63, 3.8) is 0 Å². The number of amides is 1. The van der Waals surface area contributed by atoms with Crippen LogP contribution in [0.25, 0.3) is 0 Å². The predicted octanol–water partition coefficient (Wildman–Crippen LogP) is 2.19. The fourth-order valence-corrected chi connectivity index (χ4v) is 2.91. The van der Waals surface area contributed by atoms with E-state index in [1.165, 1.54) is 17.7 Å². The standard InChI is InChI=1S/C9H19NO.C5H6S.C3H7NO2/c1-7(2)9(11-3)8-5-4-6-10-8;1-5-3-2-4-6-5;5-2-1-4-3-6/h7-10H,4-6H2,1-3H3;2-4H,1H3;3,5H,1-2H2,(H,4,6). The Labute approximate surface area is 144 Å². The van der Waals surface area contributed by atoms with Gasteiger partial charge in [-0.25, -0.2) is 0 Å². The van der Waals surface area contributed by atoms with Crippen LogP contribution < -0.4 is 10.6 Å². The molecule has 2 atom stereocenters. The summed E-state index contributed by atoms with van der Waals surface area (Å²) < 4.78 is 5.43. The lowest BCUT2D eigenvalue weighted by molar-refractivity contribution is -0.109. The van der Waals surface area contributed by atoms with Crippen molar-refractivity contribution in [2.75, 3.05) is 26.8 Å². The summed E-state index contributed by atoms with van der Waals surface area (Å²) in [5.74, 6) is 0.621. The summed E-state index contributed by atoms with van der Waals surface area (Å²) in [4.78, 5) is 10.7. The second-order valence-electron chi connectivity index (χ2n) is 5.67. The molecule has 0 bridgehead atoms. The molecule has 1 saturated heterocycles. The molecule has 1 amide bonds. The monoisotopic (exact) mass is 344 g/mol. The van der Waals surface area contributed by atoms with Gasteiger partial charge in [0.25, 0.3) is 0 Å². The summed E-state index contributed by atoms with van der Waals surface area (Å²) in [7, 11) is 1.81. The number of aliphatic hydroxyl groups is 1. The van der Waals surface area contributed by atoms with Gasteiger partial charge in [-0.15, -0.1) is 11.3 Å². The Balaban J connectivity index is 0.000000344. The van der Waals surface area contributed by atoms with Gasteiger partial charge in [0.2, 0.25) is 6.41 Å². The number of carbonyl (C=O) groups excluding carboxylic acids is 1. The fourth-order valence-electron chi connectivity index (χ4n) is 2.38. The second-order valence-corrected chi connectivity index (χ2v) is 6.82. The normalized spacial score (nSPS) is 17.6. The number of rotatable bonds is 6. The highest BCUT2D eigenvalue weighted by atomic mass is 32.1. The maximum Gasteiger partial charge on any atom is 0.207 e. The molecule has 134 valence electrons. The van der Waals surface area contributed by atoms with Crippen molar-refractivity contribution in [1.29, 1.82) is 0 Å². The van der Waals surface area contributed by atoms with Crippen molar-refractivity contribution in [2.24, 2.45) is 5.92 Å². The first kappa shape index (κ1) is 22.1. The van der Waals surface area contributed by atoms with E-state index in [0.717, 1.165) is 6.54 Å². The molecular formula is C17H32N2O3S. The molecule has 2 rings (SSSR count). The lowest BCUT2D eigenvalue weighted by Crippen LogP contribution is -2.39. The number of ether oxygens (including phenoxy) is 1. The van der Waals surface area contributed by atoms with Crippen molar-refractivity contribution in [2.45, 2.75) is 45.8 Å². The molecule has 23 heavy (non-hydrogen) atoms. The van der Waals surface area contributed by atoms with Gasteiger partial charge in [0, 0.05) is 24.6 Å². The molecule has 1 aliphatic heterocycles. The number of aryl methyl sites for hydroxylation is 1. The van der Waals surface area contributed by atoms with Gasteiger partial charge in [0.1, 0.15) is 0 Å². The summed E-state index contributed by atoms with van der Waals surface area (Å²) in [5.41, 5.74) is 0. The van der Waals surface area contributed by atoms with Crippen LogP contribution in [0.1, 0.15) is 31.6 Å². The van der Waals surface area contributed by atoms with E-state index in [2.05, 4.69) is 48.9 Å². The van der Waals surface area contributed by atoms with Crippen molar-refractivity contribution in [3.8, 4) is 0 Å². The third kappa shape index (κ3) is 11.3. The lowest BCUT2D eigenvalue weighted by Gasteiger charge is -2.25. The molecule has 6 heteroatoms. The topological polar surface area (TPSA) is 70.6 Å². The van der Waals surface area contributed by atoms with E-state index in [4.69, 9.17) is 9.84 Å². The second kappa shape index (κ2) is 14.6. The highest BCUT2D eigenvalue weighted by molar-refractivity contribution is 7.09. The van der Waals surface area contributed by atoms with Crippen molar-refractivity contribution in [1.82, 2.24) is 10.6 Å². The maximum atomic E-state index is 9.34. The molecule has 1 aromatic rings. The molecule has 3 N–H and O–H groups in total. The number of aliphatic hydroxyl groups excluding tert-OH is 1. The Morgan fingerprint density at radius 1 is 1.57 bits per heavy atom. The zero-order chi connectivity index (χ0) is 17.5. The van der Waals surface area contributed by atoms with Gasteiger partial charge >= 0.3 is 0 Å². The van der Waals surface area contributed by atoms with E-state index in [1.54, 1.807) is 11.3 Å². The Hall–Kier alpha value is -0.950. The highest BCUT2D eigenvalue weighted by Crippen LogP contribution is 2.17. The van der Waals surface area contributed by atoms with Crippen LogP contribution >= 0.6 is 11.3 Å². The van der Waals surface area contributed by atoms with Crippen molar-refractivity contribution < 1.29 is 14.6 Å². The zero-order valence-corrected chi connectivity index (χ0v) is 15.6. The van der Waals surface area contributed by atoms with E-state index in [1.807, 2.05) is 7.11 Å². The van der Waals surface area contributed by atoms with Crippen LogP contribution in [0.3, 0.4) is 0 Å². The van der Waals surface area contributed by atoms with Crippen LogP contribution in [0, 0.1) is 12.8 Å². The molecule has 0 radical (unpaired) electrons. The summed E-state index contributed by atoms with van der Waals surface area (Å²) in [6.07, 6.45) is 3.53. The average molecular weight is 345 g/mol. The van der Waals surface area contributed by atoms with Gasteiger partial charge in [0.05, 0.1) is 12.7 Å². The van der Waals surface area contributed by atoms with Gasteiger partial charge < -0.3 is 20.5 Å². The molecule has 0 aromatic carbocycles. The average Bonchev–Trinajstić information content (AvgIpc) is 3.21. The molecule has 0 saturated carbocycles. The SMILES string of the molecule is COC(C(C)C)C1CCCN1.Cc1cccs1.O=CNCCO. The van der Waals surface area contributed by atoms with Crippen LogP contribution in [0.4, 0.5) is 0 Å². The molecule has 0 aliphatic carbocycles. The fraction of sp³-hybridized carbons (Fsp3) is 0.706. The minimum Gasteiger partial charge on any atom is -0.395 e. The first-order valence-corrected chi connectivity index (χ1v) is 8.98. The largest absolute Gasteiger partial charge is 0.395 e. The van der Waals surface area contributed by atoms with Gasteiger partial charge in [-0.05, 0) is 43.7 Å². The van der Waals surface area contributed by atoms with Crippen molar-refractivity contribution >= 4 is 17.7 Å². The quantitative estimate of drug-likeness (QED) is 0.546. The van der Waals surface area contributed by atoms with E-state index in [9.17, 15) is 4.79 Å². The number of hydrogen-bond acceptors (Lipinski definition) is 5. The molecule has 1 aromatic heterocycles. The summed E-state index contributed by atoms with van der Waals surface area (Å²) in [6.45, 7) is 8.06. The van der Waals surface area contributed by atoms with Gasteiger partial charge in [0.15, 0.2) is 0 Å². The Bertz CT molecular complexity index is 366. The Kier molecular flexibility index (Phi) is 14.0. The summed E-state index contributed by atoms with van der Waals surface area (Å²) in [5, 5.41) is 15.8. The number of hydrogen-bond donors (Lipinski definition) is 3. The Morgan fingerprint density at radius 3 is 2.57 bits per heavy atom. The maximum absolute atomic E-state index is 9.34. The highest BCUT2D eigenvalue weighted by Gasteiger charge is 2.26. The molecule has 5 nitrogen and oxygen atoms in total. The zero-order valence-electron chi connectivity index (χ0n) is 14.7. The van der Waals surface area contributed by atoms with Crippen LogP contribution in [0.5, 0.6) is 0 Å². The third-order valence-electron chi connectivity index (χ3n) is 3.43. The molecule has 1 fully saturated rings. The minimum absolute atomic E-state index is 0.0126. The lowest BCUT2D eigenvalue weighted by atomic mass is 9.98. The van der Waals surface area contributed by atoms with E-state index in [0.29, 0.717) is 31.0 Å². The van der Waals surface area contributed by atoms with Gasteiger partial charge in [-0.3, -0.25) is 4.79 Å². The van der Waals surface area contributed by atoms with Crippen LogP contribution in [0.15, 0.2) is 17.5 Å². The minimum atomic E-state index is 0.0126. The van der Waals surface area contributed by atoms with Gasteiger partial charge in [-0.1, -0.05) is 19.9 Å². The molecule has 2 unspecified atom stereocenters. The first-order chi connectivity index (χ1) is 11.1. The third-order valence-corrected chi connectivity index (χ3v) is 4.23. The molecule has 0 spiro atoms. The van der Waals surface area contributed by atoms with Gasteiger partial charge in [-0.2, -0.15) is 0 Å². The van der Waals surface area contributed by atoms with E-state index in [-0.39, 0.29) is 6.61 Å². The van der Waals surface area contributed by atoms with Crippen molar-refractivity contribution in [3.05, 3.63) is 22.4 Å². The Morgan fingerprint density at radius 2 is 2.30 bits per heavy atom. The number of carbonyl (C=O) groups is 1. The molecule has 2 heterocycles. The number of thiophene rings is 1. The number of methoxy groups -OCH3 is 1. The van der Waals surface area contributed by atoms with E-state index < -0.39 is 0 Å². The van der Waals surface area contributed by atoms with E-state index >= 15 is 0 Å². The number of nitrogens with one attached hydrogen (secondary N) is 2. The summed E-state index contributed by atoms with van der Waals surface area (Å²) in [6, 6.07) is 4.75. The molecule has 1 aliphatic rings. The predicted molar refractivity (Wildman–Crippen MR) is 96.9 cm³/mol. The molecular weight excluding hydrogens is 312 g/mol. The van der Waals surface area contributed by atoms with Crippen LogP contribution in [0.2, 0.25) is 0 Å². The van der Waals surface area contributed by atoms with Crippen LogP contribution in [-0.2, 0) is 9.53 Å². The first-order valence-electron chi connectivity index (χ1n) is 8.11. The van der Waals surface area contributed by atoms with Crippen LogP contribution in [-0.4, -0.2) is 50.5 Å². The summed E-state index contributed by atoms with van der Waals surface area (Å²) >= 11 is 1.78.